The Morgan fingerprint density at radius 3 is 1.63 bits per heavy atom. The highest BCUT2D eigenvalue weighted by atomic mass is 16.3. The molecule has 3 nitrogen and oxygen atoms in total. The largest absolute Gasteiger partial charge is 0.468 e. The van der Waals surface area contributed by atoms with E-state index in [0.717, 1.165) is 23.0 Å². The van der Waals surface area contributed by atoms with Crippen molar-refractivity contribution >= 4 is 68.4 Å². The minimum Gasteiger partial charge on any atom is -0.468 e. The van der Waals surface area contributed by atoms with Crippen LogP contribution >= 0.6 is 0 Å². The normalized spacial score (nSPS) is 16.9. The van der Waals surface area contributed by atoms with Crippen molar-refractivity contribution in [2.45, 2.75) is 150 Å². The molecule has 0 atom stereocenters. The van der Waals surface area contributed by atoms with Gasteiger partial charge in [-0.1, -0.05) is 147 Å². The molecule has 304 valence electrons. The van der Waals surface area contributed by atoms with Gasteiger partial charge in [-0.05, 0) is 138 Å². The number of anilines is 6. The Labute approximate surface area is 355 Å². The summed E-state index contributed by atoms with van der Waals surface area (Å²) in [5, 5.41) is 1.16. The predicted molar refractivity (Wildman–Crippen MR) is 256 cm³/mol. The number of fused-ring (bicyclic) bond motifs is 7. The van der Waals surface area contributed by atoms with Gasteiger partial charge in [0.2, 0.25) is 0 Å². The molecule has 0 fully saturated rings. The fourth-order valence-electron chi connectivity index (χ4n) is 10.6. The first-order chi connectivity index (χ1) is 27.3. The van der Waals surface area contributed by atoms with E-state index >= 15 is 0 Å². The molecule has 0 spiro atoms. The predicted octanol–water partition coefficient (Wildman–Crippen LogP) is 13.7. The SMILES string of the molecule is CC(C)(C)c1ccc(N2c3ccc(C(C)(C)C)cc3B3c4oc5cc(C(C)(C)C)ccc5c4N(c4ccc5c(c4)C(C)(C)CC5(C)C)c4cc(C(C)(C)C)cc2c43)cc1. The fourth-order valence-corrected chi connectivity index (χ4v) is 10.6. The van der Waals surface area contributed by atoms with Gasteiger partial charge < -0.3 is 14.2 Å². The molecule has 59 heavy (non-hydrogen) atoms. The van der Waals surface area contributed by atoms with Crippen LogP contribution in [0.1, 0.15) is 151 Å². The van der Waals surface area contributed by atoms with Crippen molar-refractivity contribution < 1.29 is 4.42 Å². The van der Waals surface area contributed by atoms with E-state index in [2.05, 4.69) is 212 Å². The van der Waals surface area contributed by atoms with Gasteiger partial charge in [0.1, 0.15) is 5.58 Å². The Morgan fingerprint density at radius 2 is 1.02 bits per heavy atom. The molecule has 6 aromatic rings. The third-order valence-corrected chi connectivity index (χ3v) is 13.9. The minimum atomic E-state index is -0.102. The Balaban J connectivity index is 1.42. The first-order valence-electron chi connectivity index (χ1n) is 22.0. The minimum absolute atomic E-state index is 0.0145. The van der Waals surface area contributed by atoms with Crippen LogP contribution in [-0.4, -0.2) is 6.71 Å². The fraction of sp³-hybridized carbons (Fsp3) is 0.418. The Hall–Kier alpha value is -4.70. The van der Waals surface area contributed by atoms with Crippen molar-refractivity contribution in [1.29, 1.82) is 0 Å². The van der Waals surface area contributed by atoms with E-state index in [0.29, 0.717) is 0 Å². The molecular weight excluding hydrogens is 715 g/mol. The van der Waals surface area contributed by atoms with E-state index in [-0.39, 0.29) is 39.2 Å². The van der Waals surface area contributed by atoms with Crippen LogP contribution in [0.15, 0.2) is 95.4 Å². The van der Waals surface area contributed by atoms with E-state index in [1.807, 2.05) is 0 Å². The van der Waals surface area contributed by atoms with Crippen molar-refractivity contribution in [2.75, 3.05) is 9.80 Å². The van der Waals surface area contributed by atoms with Crippen molar-refractivity contribution in [3.05, 3.63) is 124 Å². The Morgan fingerprint density at radius 1 is 0.492 bits per heavy atom. The third kappa shape index (κ3) is 6.21. The summed E-state index contributed by atoms with van der Waals surface area (Å²) in [5.74, 6) is 0. The maximum Gasteiger partial charge on any atom is 0.297 e. The summed E-state index contributed by atoms with van der Waals surface area (Å²) in [6.45, 7) is 37.4. The molecule has 5 aromatic carbocycles. The standard InChI is InChI=1S/C55H65BN2O/c1-50(2,3)33-17-21-37(22-18-33)57-43-26-20-34(51(4,5)6)27-42(43)56-47-44(57)28-36(53(10,11)12)29-45(47)58(38-23-25-40-41(31-38)55(15,16)32-54(40,13)14)48-39-24-19-35(52(7,8)9)30-46(39)59-49(48)56/h17-31H,32H2,1-16H3. The smallest absolute Gasteiger partial charge is 0.297 e. The number of furan rings is 1. The molecule has 3 heterocycles. The number of rotatable bonds is 2. The van der Waals surface area contributed by atoms with Crippen LogP contribution < -0.4 is 26.4 Å². The van der Waals surface area contributed by atoms with E-state index < -0.39 is 0 Å². The molecule has 3 aliphatic rings. The average Bonchev–Trinajstić information content (AvgIpc) is 3.59. The average molecular weight is 781 g/mol. The summed E-state index contributed by atoms with van der Waals surface area (Å²) in [6, 6.07) is 35.9. The second-order valence-corrected chi connectivity index (χ2v) is 23.6. The molecule has 9 rings (SSSR count). The lowest BCUT2D eigenvalue weighted by molar-refractivity contribution is 0.403. The van der Waals surface area contributed by atoms with Crippen LogP contribution in [0.25, 0.3) is 11.0 Å². The van der Waals surface area contributed by atoms with E-state index in [1.165, 1.54) is 78.4 Å². The van der Waals surface area contributed by atoms with Crippen molar-refractivity contribution in [3.63, 3.8) is 0 Å². The third-order valence-electron chi connectivity index (χ3n) is 13.9. The number of hydrogen-bond acceptors (Lipinski definition) is 3. The molecule has 0 radical (unpaired) electrons. The monoisotopic (exact) mass is 781 g/mol. The van der Waals surface area contributed by atoms with Crippen LogP contribution in [0.3, 0.4) is 0 Å². The number of hydrogen-bond donors (Lipinski definition) is 0. The van der Waals surface area contributed by atoms with Gasteiger partial charge in [0.15, 0.2) is 0 Å². The lowest BCUT2D eigenvalue weighted by atomic mass is 9.35. The summed E-state index contributed by atoms with van der Waals surface area (Å²) >= 11 is 0. The maximum absolute atomic E-state index is 7.41. The van der Waals surface area contributed by atoms with Gasteiger partial charge in [0.25, 0.3) is 6.71 Å². The highest BCUT2D eigenvalue weighted by molar-refractivity contribution is 7.00. The van der Waals surface area contributed by atoms with Crippen LogP contribution in [0.5, 0.6) is 0 Å². The summed E-state index contributed by atoms with van der Waals surface area (Å²) in [4.78, 5) is 5.14. The van der Waals surface area contributed by atoms with E-state index in [4.69, 9.17) is 4.42 Å². The van der Waals surface area contributed by atoms with Gasteiger partial charge >= 0.3 is 0 Å². The maximum atomic E-state index is 7.41. The first kappa shape index (κ1) is 39.7. The summed E-state index contributed by atoms with van der Waals surface area (Å²) in [5.41, 5.74) is 20.1. The van der Waals surface area contributed by atoms with E-state index in [1.54, 1.807) is 0 Å². The summed E-state index contributed by atoms with van der Waals surface area (Å²) in [7, 11) is 0. The molecule has 0 saturated heterocycles. The zero-order valence-corrected chi connectivity index (χ0v) is 38.7. The molecule has 0 N–H and O–H groups in total. The molecule has 0 unspecified atom stereocenters. The molecule has 1 aromatic heterocycles. The van der Waals surface area contributed by atoms with Gasteiger partial charge in [-0.3, -0.25) is 0 Å². The lowest BCUT2D eigenvalue weighted by Gasteiger charge is -2.44. The molecule has 0 amide bonds. The zero-order valence-electron chi connectivity index (χ0n) is 38.7. The second-order valence-electron chi connectivity index (χ2n) is 23.6. The Kier molecular flexibility index (Phi) is 8.38. The molecule has 0 saturated carbocycles. The van der Waals surface area contributed by atoms with Gasteiger partial charge in [0, 0.05) is 33.8 Å². The highest BCUT2D eigenvalue weighted by Crippen LogP contribution is 2.53. The quantitative estimate of drug-likeness (QED) is 0.163. The highest BCUT2D eigenvalue weighted by Gasteiger charge is 2.49. The number of benzene rings is 5. The molecule has 0 bridgehead atoms. The van der Waals surface area contributed by atoms with Crippen LogP contribution in [0, 0.1) is 0 Å². The first-order valence-corrected chi connectivity index (χ1v) is 22.0. The Bertz CT molecular complexity index is 2680. The topological polar surface area (TPSA) is 19.6 Å². The van der Waals surface area contributed by atoms with Crippen molar-refractivity contribution in [1.82, 2.24) is 0 Å². The van der Waals surface area contributed by atoms with E-state index in [9.17, 15) is 0 Å². The van der Waals surface area contributed by atoms with Crippen molar-refractivity contribution in [2.24, 2.45) is 0 Å². The molecular formula is C55H65BN2O. The van der Waals surface area contributed by atoms with Gasteiger partial charge in [0.05, 0.1) is 11.3 Å². The lowest BCUT2D eigenvalue weighted by Crippen LogP contribution is -2.61. The molecule has 2 aliphatic heterocycles. The van der Waals surface area contributed by atoms with Gasteiger partial charge in [-0.15, -0.1) is 0 Å². The van der Waals surface area contributed by atoms with Crippen LogP contribution in [0.4, 0.5) is 34.1 Å². The number of nitrogens with zero attached hydrogens (tertiary/aromatic N) is 2. The summed E-state index contributed by atoms with van der Waals surface area (Å²) < 4.78 is 7.41. The molecule has 1 aliphatic carbocycles. The van der Waals surface area contributed by atoms with Crippen LogP contribution in [-0.2, 0) is 32.5 Å². The molecule has 4 heteroatoms. The second kappa shape index (κ2) is 12.4. The van der Waals surface area contributed by atoms with Crippen LogP contribution in [0.2, 0.25) is 0 Å². The zero-order chi connectivity index (χ0) is 42.6. The van der Waals surface area contributed by atoms with Gasteiger partial charge in [-0.25, -0.2) is 0 Å². The van der Waals surface area contributed by atoms with Crippen molar-refractivity contribution in [3.8, 4) is 0 Å². The van der Waals surface area contributed by atoms with Gasteiger partial charge in [-0.2, -0.15) is 0 Å². The summed E-state index contributed by atoms with van der Waals surface area (Å²) in [6.07, 6.45) is 1.13.